The van der Waals surface area contributed by atoms with Crippen molar-refractivity contribution >= 4 is 39.0 Å². The van der Waals surface area contributed by atoms with Crippen LogP contribution >= 0.6 is 0 Å². The van der Waals surface area contributed by atoms with Gasteiger partial charge in [0, 0.05) is 63.2 Å². The van der Waals surface area contributed by atoms with Gasteiger partial charge in [-0.1, -0.05) is 195 Å². The smallest absolute Gasteiger partial charge is 0.230 e. The number of rotatable bonds is 8. The Morgan fingerprint density at radius 2 is 0.942 bits per heavy atom. The van der Waals surface area contributed by atoms with E-state index < -0.39 is 0 Å². The molecule has 0 spiro atoms. The average Bonchev–Trinajstić information content (AvgIpc) is 3.79. The lowest BCUT2D eigenvalue weighted by Gasteiger charge is -2.25. The van der Waals surface area contributed by atoms with Gasteiger partial charge >= 0.3 is 0 Å². The summed E-state index contributed by atoms with van der Waals surface area (Å²) in [7, 11) is 0. The third-order valence-corrected chi connectivity index (χ3v) is 12.7. The van der Waals surface area contributed by atoms with Gasteiger partial charge in [-0.05, 0) is 69.8 Å². The molecule has 0 radical (unpaired) electrons. The van der Waals surface area contributed by atoms with Gasteiger partial charge in [-0.15, -0.1) is 0 Å². The van der Waals surface area contributed by atoms with E-state index in [-0.39, 0.29) is 0 Å². The maximum atomic E-state index is 5.02. The molecule has 0 fully saturated rings. The third-order valence-electron chi connectivity index (χ3n) is 12.7. The van der Waals surface area contributed by atoms with Crippen molar-refractivity contribution < 1.29 is 0 Å². The van der Waals surface area contributed by atoms with Crippen LogP contribution < -0.4 is 4.90 Å². The summed E-state index contributed by atoms with van der Waals surface area (Å²) >= 11 is 0. The molecule has 12 rings (SSSR count). The monoisotopic (exact) mass is 885 g/mol. The van der Waals surface area contributed by atoms with Gasteiger partial charge in [0.1, 0.15) is 0 Å². The minimum Gasteiger partial charge on any atom is -0.309 e. The number of hydrogen-bond donors (Lipinski definition) is 0. The van der Waals surface area contributed by atoms with Crippen LogP contribution in [0.3, 0.4) is 0 Å². The Kier molecular flexibility index (Phi) is 10.6. The second-order valence-corrected chi connectivity index (χ2v) is 17.0. The second-order valence-electron chi connectivity index (χ2n) is 17.0. The Morgan fingerprint density at radius 3 is 1.65 bits per heavy atom. The van der Waals surface area contributed by atoms with Gasteiger partial charge in [-0.25, -0.2) is 24.9 Å². The van der Waals surface area contributed by atoms with E-state index in [1.165, 1.54) is 10.8 Å². The summed E-state index contributed by atoms with van der Waals surface area (Å²) in [4.78, 5) is 26.9. The van der Waals surface area contributed by atoms with E-state index in [2.05, 4.69) is 156 Å². The first-order chi connectivity index (χ1) is 34.1. The molecule has 0 atom stereocenters. The van der Waals surface area contributed by atoms with E-state index in [4.69, 9.17) is 24.9 Å². The van der Waals surface area contributed by atoms with Gasteiger partial charge in [0.25, 0.3) is 0 Å². The predicted molar refractivity (Wildman–Crippen MR) is 283 cm³/mol. The summed E-state index contributed by atoms with van der Waals surface area (Å²) in [5.41, 5.74) is 15.5. The van der Waals surface area contributed by atoms with E-state index in [0.29, 0.717) is 30.0 Å². The summed E-state index contributed by atoms with van der Waals surface area (Å²) in [6, 6.07) is 69.8. The van der Waals surface area contributed by atoms with Crippen LogP contribution in [-0.4, -0.2) is 36.0 Å². The minimum atomic E-state index is 0.597. The summed E-state index contributed by atoms with van der Waals surface area (Å²) in [5.74, 6) is 2.52. The maximum Gasteiger partial charge on any atom is 0.230 e. The molecule has 3 aromatic heterocycles. The lowest BCUT2D eigenvalue weighted by molar-refractivity contribution is 0.988. The van der Waals surface area contributed by atoms with Gasteiger partial charge in [-0.3, -0.25) is 0 Å². The third kappa shape index (κ3) is 7.98. The number of hydrogen-bond acceptors (Lipinski definition) is 6. The lowest BCUT2D eigenvalue weighted by Crippen LogP contribution is -2.20. The molecule has 11 aromatic rings. The van der Waals surface area contributed by atoms with Crippen LogP contribution in [0.15, 0.2) is 243 Å². The number of nitrogens with zero attached hydrogens (tertiary/aromatic N) is 7. The van der Waals surface area contributed by atoms with E-state index >= 15 is 0 Å². The molecule has 0 bridgehead atoms. The Morgan fingerprint density at radius 1 is 0.406 bits per heavy atom. The second kappa shape index (κ2) is 17.8. The normalized spacial score (nSPS) is 13.4. The molecular formula is C62H43N7. The van der Waals surface area contributed by atoms with Crippen LogP contribution in [0, 0.1) is 0 Å². The number of fused-ring (bicyclic) bond motifs is 4. The molecule has 7 heteroatoms. The first kappa shape index (κ1) is 41.1. The summed E-state index contributed by atoms with van der Waals surface area (Å²) in [6.07, 6.45) is 12.1. The SMILES string of the molecule is C=C1/C=C\C=C/CN(c2ncc(-c3ccccc3)cn2)c2cc(-c3ccc(-n4c5ccccc5c5ccc(-c6cccc(-c7nc(-c8ccccc8)nc(-c8ccccc8)n7)c6)cc54)cc3)ccc21. The van der Waals surface area contributed by atoms with Crippen molar-refractivity contribution in [2.45, 2.75) is 0 Å². The van der Waals surface area contributed by atoms with E-state index in [1.807, 2.05) is 97.3 Å². The van der Waals surface area contributed by atoms with Gasteiger partial charge in [0.05, 0.1) is 16.7 Å². The lowest BCUT2D eigenvalue weighted by atomic mass is 9.97. The Hall–Kier alpha value is -9.33. The highest BCUT2D eigenvalue weighted by Gasteiger charge is 2.20. The van der Waals surface area contributed by atoms with Crippen LogP contribution in [-0.2, 0) is 0 Å². The molecule has 7 nitrogen and oxygen atoms in total. The fraction of sp³-hybridized carbons (Fsp3) is 0.0161. The molecular weight excluding hydrogens is 843 g/mol. The van der Waals surface area contributed by atoms with Crippen molar-refractivity contribution in [2.24, 2.45) is 0 Å². The highest BCUT2D eigenvalue weighted by atomic mass is 15.2. The summed E-state index contributed by atoms with van der Waals surface area (Å²) in [6.45, 7) is 5.04. The predicted octanol–water partition coefficient (Wildman–Crippen LogP) is 15.0. The number of benzene rings is 8. The number of allylic oxidation sites excluding steroid dienone is 4. The molecule has 1 aliphatic rings. The van der Waals surface area contributed by atoms with Gasteiger partial charge in [-0.2, -0.15) is 0 Å². The fourth-order valence-corrected chi connectivity index (χ4v) is 9.25. The summed E-state index contributed by atoms with van der Waals surface area (Å²) < 4.78 is 2.37. The van der Waals surface area contributed by atoms with Gasteiger partial charge in [0.2, 0.25) is 5.95 Å². The summed E-state index contributed by atoms with van der Waals surface area (Å²) in [5, 5.41) is 2.39. The number of aromatic nitrogens is 6. The van der Waals surface area contributed by atoms with Crippen molar-refractivity contribution in [2.75, 3.05) is 11.4 Å². The molecule has 0 saturated heterocycles. The van der Waals surface area contributed by atoms with Crippen LogP contribution in [0.2, 0.25) is 0 Å². The minimum absolute atomic E-state index is 0.597. The van der Waals surface area contributed by atoms with Gasteiger partial charge < -0.3 is 9.47 Å². The standard InChI is InChI=1S/C62H43N7/c1-42-17-6-5-15-36-68(62-63-40-51(41-64-62)43-18-7-2-8-19-43)57-38-48(30-34-53(42)57)44-28-32-52(33-29-44)69-56-27-14-13-26-54(56)55-35-31-49(39-58(55)69)47-24-16-25-50(37-47)61-66-59(45-20-9-3-10-21-45)65-60(67-61)46-22-11-4-12-23-46/h2-35,37-41H,1,36H2/b15-5-,17-6-. The molecule has 326 valence electrons. The molecule has 0 saturated carbocycles. The van der Waals surface area contributed by atoms with Crippen LogP contribution in [0.1, 0.15) is 5.56 Å². The zero-order valence-electron chi connectivity index (χ0n) is 37.6. The molecule has 0 amide bonds. The molecule has 8 aromatic carbocycles. The van der Waals surface area contributed by atoms with Crippen molar-refractivity contribution in [3.05, 3.63) is 249 Å². The first-order valence-corrected chi connectivity index (χ1v) is 23.0. The van der Waals surface area contributed by atoms with E-state index in [0.717, 1.165) is 83.6 Å². The van der Waals surface area contributed by atoms with Crippen molar-refractivity contribution in [1.82, 2.24) is 29.5 Å². The molecule has 0 unspecified atom stereocenters. The quantitative estimate of drug-likeness (QED) is 0.151. The highest BCUT2D eigenvalue weighted by molar-refractivity contribution is 6.10. The van der Waals surface area contributed by atoms with E-state index in [9.17, 15) is 0 Å². The van der Waals surface area contributed by atoms with Gasteiger partial charge in [0.15, 0.2) is 17.5 Å². The Balaban J connectivity index is 0.908. The zero-order chi connectivity index (χ0) is 46.1. The first-order valence-electron chi connectivity index (χ1n) is 23.0. The Labute approximate surface area is 400 Å². The molecule has 69 heavy (non-hydrogen) atoms. The zero-order valence-corrected chi connectivity index (χ0v) is 37.6. The Bertz CT molecular complexity index is 3690. The average molecular weight is 886 g/mol. The van der Waals surface area contributed by atoms with Crippen LogP contribution in [0.4, 0.5) is 11.6 Å². The molecule has 4 heterocycles. The van der Waals surface area contributed by atoms with Crippen molar-refractivity contribution in [3.63, 3.8) is 0 Å². The van der Waals surface area contributed by atoms with Crippen LogP contribution in [0.25, 0.3) is 101 Å². The molecule has 0 N–H and O–H groups in total. The number of para-hydroxylation sites is 1. The molecule has 0 aliphatic carbocycles. The van der Waals surface area contributed by atoms with Crippen LogP contribution in [0.5, 0.6) is 0 Å². The van der Waals surface area contributed by atoms with Crippen molar-refractivity contribution in [1.29, 1.82) is 0 Å². The topological polar surface area (TPSA) is 72.6 Å². The maximum absolute atomic E-state index is 5.02. The largest absolute Gasteiger partial charge is 0.309 e. The molecule has 1 aliphatic heterocycles. The fourth-order valence-electron chi connectivity index (χ4n) is 9.25. The van der Waals surface area contributed by atoms with E-state index in [1.54, 1.807) is 0 Å². The van der Waals surface area contributed by atoms with Crippen molar-refractivity contribution in [3.8, 4) is 73.2 Å². The number of anilines is 2. The highest BCUT2D eigenvalue weighted by Crippen LogP contribution is 2.39.